The van der Waals surface area contributed by atoms with Crippen LogP contribution < -0.4 is 5.73 Å². The molecule has 1 aromatic rings. The lowest BCUT2D eigenvalue weighted by Gasteiger charge is -2.27. The van der Waals surface area contributed by atoms with Gasteiger partial charge < -0.3 is 15.3 Å². The van der Waals surface area contributed by atoms with Gasteiger partial charge in [-0.1, -0.05) is 11.8 Å². The Balaban J connectivity index is 2.52. The number of furan rings is 1. The van der Waals surface area contributed by atoms with Crippen LogP contribution in [0.25, 0.3) is 0 Å². The van der Waals surface area contributed by atoms with E-state index in [4.69, 9.17) is 15.3 Å². The number of hydrogen-bond acceptors (Lipinski definition) is 6. The number of hydrogen-bond donors (Lipinski definition) is 2. The maximum Gasteiger partial charge on any atom is 0.313 e. The van der Waals surface area contributed by atoms with Crippen LogP contribution in [0.3, 0.4) is 0 Å². The Kier molecular flexibility index (Phi) is 4.68. The quantitative estimate of drug-likeness (QED) is 0.845. The number of aliphatic imine (C=N–C) groups is 1. The van der Waals surface area contributed by atoms with Crippen LogP contribution in [0.15, 0.2) is 38.4 Å². The minimum atomic E-state index is -1.02. The number of carbonyl (C=O) groups is 2. The molecule has 8 heteroatoms. The van der Waals surface area contributed by atoms with Crippen molar-refractivity contribution in [3.63, 3.8) is 0 Å². The van der Waals surface area contributed by atoms with Gasteiger partial charge in [0.05, 0.1) is 35.5 Å². The van der Waals surface area contributed by atoms with Crippen LogP contribution in [-0.4, -0.2) is 28.4 Å². The number of aliphatic carboxylic acids is 1. The molecule has 1 aromatic heterocycles. The number of carboxylic acid groups (broad SMARTS) is 1. The van der Waals surface area contributed by atoms with E-state index in [0.29, 0.717) is 11.5 Å². The molecule has 1 amide bonds. The van der Waals surface area contributed by atoms with E-state index < -0.39 is 23.7 Å². The lowest BCUT2D eigenvalue weighted by molar-refractivity contribution is -0.134. The Labute approximate surface area is 130 Å². The smallest absolute Gasteiger partial charge is 0.313 e. The van der Waals surface area contributed by atoms with Crippen LogP contribution in [0.5, 0.6) is 0 Å². The molecule has 0 fully saturated rings. The van der Waals surface area contributed by atoms with E-state index in [1.165, 1.54) is 6.26 Å². The van der Waals surface area contributed by atoms with Crippen molar-refractivity contribution in [2.75, 3.05) is 5.75 Å². The number of allylic oxidation sites excluding steroid dienone is 1. The molecule has 0 aromatic carbocycles. The highest BCUT2D eigenvalue weighted by molar-refractivity contribution is 8.03. The van der Waals surface area contributed by atoms with E-state index in [2.05, 4.69) is 4.99 Å². The summed E-state index contributed by atoms with van der Waals surface area (Å²) >= 11 is 0.933. The first-order valence-corrected chi connectivity index (χ1v) is 7.31. The summed E-state index contributed by atoms with van der Waals surface area (Å²) in [6, 6.07) is 5.31. The highest BCUT2D eigenvalue weighted by Crippen LogP contribution is 2.41. The SMILES string of the molecule is CC1=NC(SCC(=O)O)=C(C#N)[C@H](c2ccco2)[C@H]1C(N)=O. The predicted octanol–water partition coefficient (Wildman–Crippen LogP) is 1.49. The molecule has 0 saturated carbocycles. The lowest BCUT2D eigenvalue weighted by Crippen LogP contribution is -2.36. The summed E-state index contributed by atoms with van der Waals surface area (Å²) in [6.45, 7) is 1.63. The van der Waals surface area contributed by atoms with Crippen LogP contribution in [0, 0.1) is 17.2 Å². The van der Waals surface area contributed by atoms with Crippen molar-refractivity contribution in [3.8, 4) is 6.07 Å². The Hall–Kier alpha value is -2.53. The fourth-order valence-corrected chi connectivity index (χ4v) is 3.13. The zero-order chi connectivity index (χ0) is 16.3. The minimum Gasteiger partial charge on any atom is -0.481 e. The molecular weight excluding hydrogens is 306 g/mol. The fraction of sp³-hybridized carbons (Fsp3) is 0.286. The van der Waals surface area contributed by atoms with Crippen molar-refractivity contribution in [2.45, 2.75) is 12.8 Å². The molecule has 1 aliphatic rings. The van der Waals surface area contributed by atoms with E-state index >= 15 is 0 Å². The normalized spacial score (nSPS) is 21.2. The van der Waals surface area contributed by atoms with Crippen LogP contribution in [0.2, 0.25) is 0 Å². The number of carboxylic acids is 1. The van der Waals surface area contributed by atoms with E-state index in [9.17, 15) is 14.9 Å². The van der Waals surface area contributed by atoms with Crippen molar-refractivity contribution in [2.24, 2.45) is 16.6 Å². The van der Waals surface area contributed by atoms with E-state index in [1.807, 2.05) is 6.07 Å². The van der Waals surface area contributed by atoms with Gasteiger partial charge in [-0.05, 0) is 19.1 Å². The minimum absolute atomic E-state index is 0.190. The molecule has 2 rings (SSSR count). The molecule has 2 atom stereocenters. The van der Waals surface area contributed by atoms with Gasteiger partial charge in [0.2, 0.25) is 5.91 Å². The second-order valence-corrected chi connectivity index (χ2v) is 5.60. The molecular formula is C14H13N3O4S. The van der Waals surface area contributed by atoms with Gasteiger partial charge in [0.25, 0.3) is 0 Å². The van der Waals surface area contributed by atoms with E-state index in [-0.39, 0.29) is 16.4 Å². The van der Waals surface area contributed by atoms with Crippen molar-refractivity contribution < 1.29 is 19.1 Å². The highest BCUT2D eigenvalue weighted by Gasteiger charge is 2.40. The molecule has 0 radical (unpaired) electrons. The topological polar surface area (TPSA) is 130 Å². The van der Waals surface area contributed by atoms with Crippen LogP contribution in [0.4, 0.5) is 0 Å². The largest absolute Gasteiger partial charge is 0.481 e. The Morgan fingerprint density at radius 3 is 2.82 bits per heavy atom. The van der Waals surface area contributed by atoms with Gasteiger partial charge in [-0.25, -0.2) is 4.99 Å². The van der Waals surface area contributed by atoms with Crippen LogP contribution >= 0.6 is 11.8 Å². The standard InChI is InChI=1S/C14H13N3O4S/c1-7-11(13(16)20)12(9-3-2-4-21-9)8(5-15)14(17-7)22-6-10(18)19/h2-4,11-12H,6H2,1H3,(H2,16,20)(H,18,19)/t11-,12+/m0/s1. The van der Waals surface area contributed by atoms with Gasteiger partial charge in [-0.2, -0.15) is 5.26 Å². The number of carbonyl (C=O) groups excluding carboxylic acids is 1. The molecule has 0 spiro atoms. The third-order valence-electron chi connectivity index (χ3n) is 3.21. The second-order valence-electron chi connectivity index (χ2n) is 4.64. The predicted molar refractivity (Wildman–Crippen MR) is 80.0 cm³/mol. The fourth-order valence-electron chi connectivity index (χ4n) is 2.33. The molecule has 2 heterocycles. The molecule has 1 aliphatic heterocycles. The molecule has 3 N–H and O–H groups in total. The van der Waals surface area contributed by atoms with Gasteiger partial charge in [-0.3, -0.25) is 9.59 Å². The van der Waals surface area contributed by atoms with Crippen molar-refractivity contribution in [3.05, 3.63) is 34.8 Å². The average Bonchev–Trinajstić information content (AvgIpc) is 2.97. The van der Waals surface area contributed by atoms with Crippen molar-refractivity contribution in [1.29, 1.82) is 5.26 Å². The summed E-state index contributed by atoms with van der Waals surface area (Å²) < 4.78 is 5.33. The van der Waals surface area contributed by atoms with E-state index in [1.54, 1.807) is 19.1 Å². The molecule has 0 aliphatic carbocycles. The Morgan fingerprint density at radius 1 is 1.59 bits per heavy atom. The third kappa shape index (κ3) is 3.04. The number of amides is 1. The van der Waals surface area contributed by atoms with Crippen molar-refractivity contribution in [1.82, 2.24) is 0 Å². The maximum absolute atomic E-state index is 11.8. The van der Waals surface area contributed by atoms with Gasteiger partial charge in [-0.15, -0.1) is 0 Å². The molecule has 7 nitrogen and oxygen atoms in total. The zero-order valence-electron chi connectivity index (χ0n) is 11.6. The molecule has 0 unspecified atom stereocenters. The second kappa shape index (κ2) is 6.49. The van der Waals surface area contributed by atoms with Crippen molar-refractivity contribution >= 4 is 29.4 Å². The Morgan fingerprint density at radius 2 is 2.32 bits per heavy atom. The summed E-state index contributed by atoms with van der Waals surface area (Å²) in [4.78, 5) is 26.7. The first-order chi connectivity index (χ1) is 10.5. The average molecular weight is 319 g/mol. The number of rotatable bonds is 5. The summed E-state index contributed by atoms with van der Waals surface area (Å²) in [5.41, 5.74) is 6.07. The molecule has 0 bridgehead atoms. The summed E-state index contributed by atoms with van der Waals surface area (Å²) in [7, 11) is 0. The number of nitrogens with zero attached hydrogens (tertiary/aromatic N) is 2. The zero-order valence-corrected chi connectivity index (χ0v) is 12.5. The maximum atomic E-state index is 11.8. The third-order valence-corrected chi connectivity index (χ3v) is 4.19. The van der Waals surface area contributed by atoms with Gasteiger partial charge >= 0.3 is 5.97 Å². The first kappa shape index (κ1) is 15.9. The summed E-state index contributed by atoms with van der Waals surface area (Å²) in [6.07, 6.45) is 1.44. The van der Waals surface area contributed by atoms with E-state index in [0.717, 1.165) is 11.8 Å². The van der Waals surface area contributed by atoms with Gasteiger partial charge in [0, 0.05) is 5.71 Å². The number of thioether (sulfide) groups is 1. The first-order valence-electron chi connectivity index (χ1n) is 6.32. The van der Waals surface area contributed by atoms with Gasteiger partial charge in [0.15, 0.2) is 0 Å². The number of nitriles is 1. The Bertz CT molecular complexity index is 700. The molecule has 0 saturated heterocycles. The van der Waals surface area contributed by atoms with Crippen LogP contribution in [0.1, 0.15) is 18.6 Å². The molecule has 22 heavy (non-hydrogen) atoms. The highest BCUT2D eigenvalue weighted by atomic mass is 32.2. The molecule has 114 valence electrons. The summed E-state index contributed by atoms with van der Waals surface area (Å²) in [5.74, 6) is -2.93. The van der Waals surface area contributed by atoms with Crippen LogP contribution in [-0.2, 0) is 9.59 Å². The lowest BCUT2D eigenvalue weighted by atomic mass is 9.80. The summed E-state index contributed by atoms with van der Waals surface area (Å²) in [5, 5.41) is 18.5. The number of nitrogens with two attached hydrogens (primary N) is 1. The monoisotopic (exact) mass is 319 g/mol. The number of primary amides is 1. The van der Waals surface area contributed by atoms with Gasteiger partial charge in [0.1, 0.15) is 10.8 Å².